The minimum Gasteiger partial charge on any atom is -0.334 e. The molecule has 2 rings (SSSR count). The molecule has 1 aromatic rings. The van der Waals surface area contributed by atoms with Crippen LogP contribution in [0.2, 0.25) is 5.02 Å². The molecule has 1 fully saturated rings. The Morgan fingerprint density at radius 3 is 2.60 bits per heavy atom. The first-order chi connectivity index (χ1) is 9.56. The number of halogens is 1. The van der Waals surface area contributed by atoms with Gasteiger partial charge in [0.1, 0.15) is 5.54 Å². The number of amides is 1. The van der Waals surface area contributed by atoms with Crippen molar-refractivity contribution in [2.45, 2.75) is 51.0 Å². The van der Waals surface area contributed by atoms with E-state index in [-0.39, 0.29) is 5.91 Å². The minimum absolute atomic E-state index is 0.314. The van der Waals surface area contributed by atoms with Crippen LogP contribution < -0.4 is 5.32 Å². The van der Waals surface area contributed by atoms with Crippen molar-refractivity contribution in [2.75, 3.05) is 0 Å². The molecule has 0 aromatic carbocycles. The molecule has 0 atom stereocenters. The summed E-state index contributed by atoms with van der Waals surface area (Å²) in [6.07, 6.45) is 7.03. The quantitative estimate of drug-likeness (QED) is 0.849. The highest BCUT2D eigenvalue weighted by molar-refractivity contribution is 6.33. The number of aryl methyl sites for hydroxylation is 1. The second-order valence-corrected chi connectivity index (χ2v) is 5.77. The standard InChI is InChI=1S/C15H18ClN3O/c1-11-8-13(16)12(9-18-11)14(20)19-15(10-17)6-4-2-3-5-7-15/h8-9H,2-7H2,1H3,(H,19,20). The highest BCUT2D eigenvalue weighted by Crippen LogP contribution is 2.27. The lowest BCUT2D eigenvalue weighted by Gasteiger charge is -2.26. The van der Waals surface area contributed by atoms with Gasteiger partial charge in [0.15, 0.2) is 0 Å². The van der Waals surface area contributed by atoms with E-state index in [1.54, 1.807) is 6.07 Å². The molecule has 1 heterocycles. The van der Waals surface area contributed by atoms with Crippen LogP contribution in [0.15, 0.2) is 12.3 Å². The number of hydrogen-bond acceptors (Lipinski definition) is 3. The summed E-state index contributed by atoms with van der Waals surface area (Å²) in [5.41, 5.74) is 0.328. The van der Waals surface area contributed by atoms with Crippen LogP contribution in [0.4, 0.5) is 0 Å². The smallest absolute Gasteiger partial charge is 0.255 e. The van der Waals surface area contributed by atoms with Crippen LogP contribution >= 0.6 is 11.6 Å². The molecule has 0 aliphatic heterocycles. The molecule has 1 N–H and O–H groups in total. The Kier molecular flexibility index (Phi) is 4.61. The van der Waals surface area contributed by atoms with Crippen LogP contribution in [0.5, 0.6) is 0 Å². The summed E-state index contributed by atoms with van der Waals surface area (Å²) in [5, 5.41) is 12.7. The van der Waals surface area contributed by atoms with Gasteiger partial charge in [0, 0.05) is 11.9 Å². The summed E-state index contributed by atoms with van der Waals surface area (Å²) >= 11 is 6.08. The number of carbonyl (C=O) groups is 1. The van der Waals surface area contributed by atoms with E-state index in [0.717, 1.165) is 31.4 Å². The van der Waals surface area contributed by atoms with Gasteiger partial charge in [-0.2, -0.15) is 5.26 Å². The van der Waals surface area contributed by atoms with Crippen molar-refractivity contribution in [1.29, 1.82) is 5.26 Å². The zero-order valence-corrected chi connectivity index (χ0v) is 12.3. The van der Waals surface area contributed by atoms with Crippen molar-refractivity contribution < 1.29 is 4.79 Å². The predicted molar refractivity (Wildman–Crippen MR) is 77.5 cm³/mol. The summed E-state index contributed by atoms with van der Waals surface area (Å²) in [7, 11) is 0. The van der Waals surface area contributed by atoms with Crippen molar-refractivity contribution in [3.05, 3.63) is 28.5 Å². The number of pyridine rings is 1. The van der Waals surface area contributed by atoms with Gasteiger partial charge in [0.2, 0.25) is 0 Å². The van der Waals surface area contributed by atoms with Gasteiger partial charge in [0.25, 0.3) is 5.91 Å². The van der Waals surface area contributed by atoms with Crippen LogP contribution in [0.25, 0.3) is 0 Å². The van der Waals surface area contributed by atoms with Crippen molar-refractivity contribution >= 4 is 17.5 Å². The van der Waals surface area contributed by atoms with E-state index < -0.39 is 5.54 Å². The third kappa shape index (κ3) is 3.29. The van der Waals surface area contributed by atoms with E-state index in [1.165, 1.54) is 6.20 Å². The summed E-state index contributed by atoms with van der Waals surface area (Å²) < 4.78 is 0. The van der Waals surface area contributed by atoms with Gasteiger partial charge in [-0.1, -0.05) is 37.3 Å². The monoisotopic (exact) mass is 291 g/mol. The molecule has 1 aliphatic carbocycles. The number of nitrogens with zero attached hydrogens (tertiary/aromatic N) is 2. The summed E-state index contributed by atoms with van der Waals surface area (Å²) in [6, 6.07) is 3.95. The van der Waals surface area contributed by atoms with Crippen LogP contribution in [0.3, 0.4) is 0 Å². The third-order valence-corrected chi connectivity index (χ3v) is 4.07. The van der Waals surface area contributed by atoms with Gasteiger partial charge in [-0.05, 0) is 25.8 Å². The number of carbonyl (C=O) groups excluding carboxylic acids is 1. The Hall–Kier alpha value is -1.60. The van der Waals surface area contributed by atoms with Crippen LogP contribution in [-0.4, -0.2) is 16.4 Å². The maximum atomic E-state index is 12.3. The summed E-state index contributed by atoms with van der Waals surface area (Å²) in [4.78, 5) is 16.4. The first-order valence-electron chi connectivity index (χ1n) is 6.92. The van der Waals surface area contributed by atoms with Gasteiger partial charge >= 0.3 is 0 Å². The van der Waals surface area contributed by atoms with E-state index in [0.29, 0.717) is 23.4 Å². The normalized spacial score (nSPS) is 17.9. The maximum absolute atomic E-state index is 12.3. The molecule has 0 bridgehead atoms. The first-order valence-corrected chi connectivity index (χ1v) is 7.30. The highest BCUT2D eigenvalue weighted by Gasteiger charge is 2.33. The Morgan fingerprint density at radius 1 is 1.40 bits per heavy atom. The molecular weight excluding hydrogens is 274 g/mol. The fraction of sp³-hybridized carbons (Fsp3) is 0.533. The van der Waals surface area contributed by atoms with Gasteiger partial charge < -0.3 is 5.32 Å². The average molecular weight is 292 g/mol. The van der Waals surface area contributed by atoms with E-state index in [4.69, 9.17) is 11.6 Å². The molecule has 0 unspecified atom stereocenters. The fourth-order valence-corrected chi connectivity index (χ4v) is 2.87. The van der Waals surface area contributed by atoms with Crippen molar-refractivity contribution in [2.24, 2.45) is 0 Å². The molecule has 20 heavy (non-hydrogen) atoms. The van der Waals surface area contributed by atoms with E-state index in [1.807, 2.05) is 6.92 Å². The van der Waals surface area contributed by atoms with E-state index >= 15 is 0 Å². The Balaban J connectivity index is 2.18. The molecule has 1 saturated carbocycles. The zero-order chi connectivity index (χ0) is 14.6. The van der Waals surface area contributed by atoms with Gasteiger partial charge in [-0.25, -0.2) is 0 Å². The molecule has 5 heteroatoms. The second kappa shape index (κ2) is 6.23. The fourth-order valence-electron chi connectivity index (χ4n) is 2.58. The molecular formula is C15H18ClN3O. The number of nitriles is 1. The maximum Gasteiger partial charge on any atom is 0.255 e. The van der Waals surface area contributed by atoms with Crippen molar-refractivity contribution in [1.82, 2.24) is 10.3 Å². The van der Waals surface area contributed by atoms with Crippen LogP contribution in [0, 0.1) is 18.3 Å². The lowest BCUT2D eigenvalue weighted by Crippen LogP contribution is -2.47. The van der Waals surface area contributed by atoms with Gasteiger partial charge in [-0.3, -0.25) is 9.78 Å². The number of hydrogen-bond donors (Lipinski definition) is 1. The summed E-state index contributed by atoms with van der Waals surface area (Å²) in [6.45, 7) is 1.82. The Labute approximate surface area is 124 Å². The topological polar surface area (TPSA) is 65.8 Å². The molecule has 1 aromatic heterocycles. The molecule has 4 nitrogen and oxygen atoms in total. The highest BCUT2D eigenvalue weighted by atomic mass is 35.5. The predicted octanol–water partition coefficient (Wildman–Crippen LogP) is 3.39. The van der Waals surface area contributed by atoms with Crippen LogP contribution in [-0.2, 0) is 0 Å². The molecule has 1 amide bonds. The van der Waals surface area contributed by atoms with E-state index in [9.17, 15) is 10.1 Å². The molecule has 0 radical (unpaired) electrons. The van der Waals surface area contributed by atoms with E-state index in [2.05, 4.69) is 16.4 Å². The van der Waals surface area contributed by atoms with Gasteiger partial charge in [-0.15, -0.1) is 0 Å². The SMILES string of the molecule is Cc1cc(Cl)c(C(=O)NC2(C#N)CCCCCC2)cn1. The number of nitrogens with one attached hydrogen (secondary N) is 1. The third-order valence-electron chi connectivity index (χ3n) is 3.76. The zero-order valence-electron chi connectivity index (χ0n) is 11.6. The lowest BCUT2D eigenvalue weighted by molar-refractivity contribution is 0.0912. The molecule has 0 spiro atoms. The van der Waals surface area contributed by atoms with Gasteiger partial charge in [0.05, 0.1) is 16.7 Å². The molecule has 106 valence electrons. The lowest BCUT2D eigenvalue weighted by atomic mass is 9.91. The number of aromatic nitrogens is 1. The second-order valence-electron chi connectivity index (χ2n) is 5.37. The van der Waals surface area contributed by atoms with Crippen LogP contribution in [0.1, 0.15) is 54.6 Å². The largest absolute Gasteiger partial charge is 0.334 e. The van der Waals surface area contributed by atoms with Crippen molar-refractivity contribution in [3.63, 3.8) is 0 Å². The minimum atomic E-state index is -0.762. The Morgan fingerprint density at radius 2 is 2.05 bits per heavy atom. The average Bonchev–Trinajstić information content (AvgIpc) is 2.64. The Bertz CT molecular complexity index is 543. The van der Waals surface area contributed by atoms with Crippen molar-refractivity contribution in [3.8, 4) is 6.07 Å². The number of rotatable bonds is 2. The molecule has 1 aliphatic rings. The first kappa shape index (κ1) is 14.8. The summed E-state index contributed by atoms with van der Waals surface area (Å²) in [5.74, 6) is -0.314. The molecule has 0 saturated heterocycles.